The number of hydrogen-bond donors (Lipinski definition) is 0. The molecule has 0 aliphatic carbocycles. The van der Waals surface area contributed by atoms with Crippen molar-refractivity contribution in [1.82, 2.24) is 0 Å². The average Bonchev–Trinajstić information content (AvgIpc) is 3.58. The van der Waals surface area contributed by atoms with Gasteiger partial charge >= 0.3 is 0 Å². The number of halogens is 2. The molecule has 4 heterocycles. The van der Waals surface area contributed by atoms with Gasteiger partial charge in [-0.3, -0.25) is 0 Å². The van der Waals surface area contributed by atoms with Crippen LogP contribution in [0.25, 0.3) is 11.1 Å². The van der Waals surface area contributed by atoms with Crippen LogP contribution < -0.4 is 9.80 Å². The predicted octanol–water partition coefficient (Wildman–Crippen LogP) is 10.3. The smallest absolute Gasteiger partial charge is 0.0700 e. The molecule has 2 unspecified atom stereocenters. The molecule has 0 amide bonds. The lowest BCUT2D eigenvalue weighted by atomic mass is 9.98. The fourth-order valence-corrected chi connectivity index (χ4v) is 9.35. The number of fused-ring (bicyclic) bond motifs is 2. The van der Waals surface area contributed by atoms with E-state index in [2.05, 4.69) is 80.1 Å². The summed E-state index contributed by atoms with van der Waals surface area (Å²) in [6, 6.07) is 0. The van der Waals surface area contributed by atoms with Gasteiger partial charge in [0, 0.05) is 36.9 Å². The van der Waals surface area contributed by atoms with Crippen LogP contribution in [-0.4, -0.2) is 26.2 Å². The van der Waals surface area contributed by atoms with Gasteiger partial charge in [0.2, 0.25) is 0 Å². The summed E-state index contributed by atoms with van der Waals surface area (Å²) >= 11 is 11.7. The molecule has 0 spiro atoms. The van der Waals surface area contributed by atoms with Crippen molar-refractivity contribution in [3.05, 3.63) is 29.5 Å². The van der Waals surface area contributed by atoms with E-state index in [4.69, 9.17) is 0 Å². The van der Waals surface area contributed by atoms with E-state index in [9.17, 15) is 0 Å². The maximum atomic E-state index is 3.90. The molecule has 6 heteroatoms. The summed E-state index contributed by atoms with van der Waals surface area (Å²) in [7, 11) is 0. The number of nitrogens with zero attached hydrogens (tertiary/aromatic N) is 2. The zero-order chi connectivity index (χ0) is 24.2. The normalized spacial score (nSPS) is 19.1. The molecular formula is C28H40Br2N2S2. The minimum Gasteiger partial charge on any atom is -0.365 e. The first-order chi connectivity index (χ1) is 16.5. The second-order valence-electron chi connectivity index (χ2n) is 10.1. The molecule has 2 aliphatic rings. The molecule has 0 saturated carbocycles. The molecule has 0 saturated heterocycles. The summed E-state index contributed by atoms with van der Waals surface area (Å²) in [5.41, 5.74) is 6.06. The second kappa shape index (κ2) is 12.3. The van der Waals surface area contributed by atoms with Crippen molar-refractivity contribution in [3.8, 4) is 0 Å². The Bertz CT molecular complexity index is 914. The molecule has 2 atom stereocenters. The molecular weight excluding hydrogens is 588 g/mol. The van der Waals surface area contributed by atoms with Crippen LogP contribution in [0.1, 0.15) is 88.8 Å². The molecule has 0 fully saturated rings. The highest BCUT2D eigenvalue weighted by atomic mass is 79.9. The van der Waals surface area contributed by atoms with E-state index in [0.29, 0.717) is 0 Å². The quantitative estimate of drug-likeness (QED) is 0.231. The first-order valence-electron chi connectivity index (χ1n) is 13.3. The van der Waals surface area contributed by atoms with Crippen molar-refractivity contribution >= 4 is 77.1 Å². The Morgan fingerprint density at radius 1 is 0.735 bits per heavy atom. The van der Waals surface area contributed by atoms with Crippen LogP contribution in [0, 0.1) is 11.8 Å². The molecule has 2 aromatic rings. The molecule has 0 N–H and O–H groups in total. The SMILES string of the molecule is CCCCC(CC)CN1C/C(=C2/CN(CC(CC)CCCC)c3c(Br)csc32)c2scc(Br)c21. The highest BCUT2D eigenvalue weighted by molar-refractivity contribution is 9.11. The minimum atomic E-state index is 0.777. The first kappa shape index (κ1) is 26.8. The zero-order valence-corrected chi connectivity index (χ0v) is 26.1. The Balaban J connectivity index is 1.64. The van der Waals surface area contributed by atoms with Gasteiger partial charge in [-0.15, -0.1) is 22.7 Å². The lowest BCUT2D eigenvalue weighted by Gasteiger charge is -2.26. The van der Waals surface area contributed by atoms with Crippen LogP contribution in [0.15, 0.2) is 19.7 Å². The first-order valence-corrected chi connectivity index (χ1v) is 16.6. The molecule has 188 valence electrons. The van der Waals surface area contributed by atoms with Gasteiger partial charge in [0.15, 0.2) is 0 Å². The zero-order valence-electron chi connectivity index (χ0n) is 21.3. The van der Waals surface area contributed by atoms with E-state index in [1.807, 2.05) is 22.7 Å². The van der Waals surface area contributed by atoms with Crippen molar-refractivity contribution in [1.29, 1.82) is 0 Å². The van der Waals surface area contributed by atoms with Gasteiger partial charge in [0.25, 0.3) is 0 Å². The summed E-state index contributed by atoms with van der Waals surface area (Å²) in [4.78, 5) is 8.37. The van der Waals surface area contributed by atoms with E-state index in [1.165, 1.54) is 94.5 Å². The third-order valence-corrected chi connectivity index (χ3v) is 11.6. The minimum absolute atomic E-state index is 0.777. The number of rotatable bonds is 12. The van der Waals surface area contributed by atoms with E-state index >= 15 is 0 Å². The van der Waals surface area contributed by atoms with Crippen LogP contribution in [0.2, 0.25) is 0 Å². The van der Waals surface area contributed by atoms with Gasteiger partial charge < -0.3 is 9.80 Å². The predicted molar refractivity (Wildman–Crippen MR) is 162 cm³/mol. The Morgan fingerprint density at radius 2 is 1.15 bits per heavy atom. The molecule has 0 bridgehead atoms. The molecule has 2 aromatic heterocycles. The maximum Gasteiger partial charge on any atom is 0.0700 e. The average molecular weight is 629 g/mol. The molecule has 0 aromatic carbocycles. The summed E-state index contributed by atoms with van der Waals surface area (Å²) in [6.07, 6.45) is 10.5. The van der Waals surface area contributed by atoms with Crippen LogP contribution in [0.5, 0.6) is 0 Å². The number of hydrogen-bond acceptors (Lipinski definition) is 4. The third kappa shape index (κ3) is 5.50. The molecule has 4 rings (SSSR count). The Morgan fingerprint density at radius 3 is 1.50 bits per heavy atom. The highest BCUT2D eigenvalue weighted by Crippen LogP contribution is 2.53. The van der Waals surface area contributed by atoms with E-state index in [1.54, 1.807) is 11.1 Å². The molecule has 2 aliphatic heterocycles. The van der Waals surface area contributed by atoms with Crippen LogP contribution >= 0.6 is 54.5 Å². The lowest BCUT2D eigenvalue weighted by Crippen LogP contribution is -2.29. The monoisotopic (exact) mass is 626 g/mol. The van der Waals surface area contributed by atoms with Crippen LogP contribution in [0.4, 0.5) is 11.4 Å². The van der Waals surface area contributed by atoms with Crippen molar-refractivity contribution in [2.75, 3.05) is 36.0 Å². The Labute approximate surface area is 232 Å². The van der Waals surface area contributed by atoms with Gasteiger partial charge in [0.1, 0.15) is 0 Å². The van der Waals surface area contributed by atoms with Crippen molar-refractivity contribution in [2.24, 2.45) is 11.8 Å². The number of unbranched alkanes of at least 4 members (excludes halogenated alkanes) is 2. The highest BCUT2D eigenvalue weighted by Gasteiger charge is 2.36. The maximum absolute atomic E-state index is 3.90. The van der Waals surface area contributed by atoms with Crippen molar-refractivity contribution < 1.29 is 0 Å². The summed E-state index contributed by atoms with van der Waals surface area (Å²) in [5, 5.41) is 4.61. The van der Waals surface area contributed by atoms with Crippen LogP contribution in [-0.2, 0) is 0 Å². The Hall–Kier alpha value is -0.300. The summed E-state index contributed by atoms with van der Waals surface area (Å²) in [6.45, 7) is 13.8. The fourth-order valence-electron chi connectivity index (χ4n) is 5.60. The van der Waals surface area contributed by atoms with E-state index in [-0.39, 0.29) is 0 Å². The fraction of sp³-hybridized carbons (Fsp3) is 0.643. The second-order valence-corrected chi connectivity index (χ2v) is 13.5. The number of thiophene rings is 2. The topological polar surface area (TPSA) is 6.48 Å². The third-order valence-electron chi connectivity index (χ3n) is 7.73. The standard InChI is InChI=1S/C28H40Br2N2S2/c1-5-9-11-19(7-3)13-31-15-21(27-25(31)23(29)17-33-27)22-16-32(14-20(8-4)12-10-6-2)26-24(30)18-34-28(22)26/h17-20H,5-16H2,1-4H3/b22-21+. The molecule has 0 radical (unpaired) electrons. The largest absolute Gasteiger partial charge is 0.365 e. The van der Waals surface area contributed by atoms with E-state index < -0.39 is 0 Å². The Kier molecular flexibility index (Phi) is 9.67. The summed E-state index contributed by atoms with van der Waals surface area (Å²) < 4.78 is 2.56. The van der Waals surface area contributed by atoms with E-state index in [0.717, 1.165) is 24.9 Å². The van der Waals surface area contributed by atoms with Crippen molar-refractivity contribution in [2.45, 2.75) is 79.1 Å². The van der Waals surface area contributed by atoms with Gasteiger partial charge in [-0.05, 0) is 67.7 Å². The van der Waals surface area contributed by atoms with Gasteiger partial charge in [0.05, 0.1) is 30.1 Å². The van der Waals surface area contributed by atoms with Gasteiger partial charge in [-0.1, -0.05) is 66.2 Å². The van der Waals surface area contributed by atoms with Crippen molar-refractivity contribution in [3.63, 3.8) is 0 Å². The summed E-state index contributed by atoms with van der Waals surface area (Å²) in [5.74, 6) is 1.55. The molecule has 2 nitrogen and oxygen atoms in total. The van der Waals surface area contributed by atoms with Gasteiger partial charge in [-0.25, -0.2) is 0 Å². The number of anilines is 2. The lowest BCUT2D eigenvalue weighted by molar-refractivity contribution is 0.451. The van der Waals surface area contributed by atoms with Gasteiger partial charge in [-0.2, -0.15) is 0 Å². The molecule has 34 heavy (non-hydrogen) atoms. The van der Waals surface area contributed by atoms with Crippen LogP contribution in [0.3, 0.4) is 0 Å².